The van der Waals surface area contributed by atoms with Crippen molar-refractivity contribution in [3.8, 4) is 0 Å². The van der Waals surface area contributed by atoms with E-state index in [-0.39, 0.29) is 0 Å². The monoisotopic (exact) mass is 120 g/mol. The van der Waals surface area contributed by atoms with Crippen molar-refractivity contribution < 1.29 is 0 Å². The second kappa shape index (κ2) is 2.87. The van der Waals surface area contributed by atoms with Gasteiger partial charge in [0.1, 0.15) is 0 Å². The molecule has 0 fully saturated rings. The van der Waals surface area contributed by atoms with Crippen LogP contribution in [0.1, 0.15) is 0 Å². The quantitative estimate of drug-likeness (QED) is 0.510. The Morgan fingerprint density at radius 2 is 2.33 bits per heavy atom. The van der Waals surface area contributed by atoms with E-state index < -0.39 is 0 Å². The Kier molecular flexibility index (Phi) is 1.85. The van der Waals surface area contributed by atoms with Crippen molar-refractivity contribution in [2.75, 3.05) is 0 Å². The number of allylic oxidation sites excluding steroid dienone is 4. The number of rotatable bonds is 0. The Hall–Kier alpha value is -1.31. The van der Waals surface area contributed by atoms with E-state index in [0.29, 0.717) is 0 Å². The van der Waals surface area contributed by atoms with Gasteiger partial charge in [-0.1, -0.05) is 12.7 Å². The Bertz CT molecular complexity index is 187. The number of hydrogen-bond donors (Lipinski definition) is 1. The van der Waals surface area contributed by atoms with Crippen LogP contribution in [-0.2, 0) is 0 Å². The summed E-state index contributed by atoms with van der Waals surface area (Å²) in [6.45, 7) is 3.74. The average Bonchev–Trinajstić information content (AvgIpc) is 1.79. The second-order valence-electron chi connectivity index (χ2n) is 1.67. The first-order chi connectivity index (χ1) is 4.39. The molecule has 0 bridgehead atoms. The summed E-state index contributed by atoms with van der Waals surface area (Å²) in [4.78, 5) is 0. The lowest BCUT2D eigenvalue weighted by atomic mass is 10.3. The fraction of sp³-hybridized carbons (Fsp3) is 0. The lowest BCUT2D eigenvalue weighted by molar-refractivity contribution is 0.974. The van der Waals surface area contributed by atoms with E-state index in [2.05, 4.69) is 17.1 Å². The van der Waals surface area contributed by atoms with Gasteiger partial charge in [-0.15, -0.1) is 0 Å². The van der Waals surface area contributed by atoms with Crippen LogP contribution in [0.2, 0.25) is 0 Å². The van der Waals surface area contributed by atoms with E-state index >= 15 is 0 Å². The van der Waals surface area contributed by atoms with Gasteiger partial charge in [-0.25, -0.2) is 0 Å². The van der Waals surface area contributed by atoms with Gasteiger partial charge in [-0.2, -0.15) is 5.10 Å². The Balaban J connectivity index is 2.72. The standard InChI is InChI=1S/C7H8N2/c1-7-3-2-5-8-9-6-4-7/h2-6,9H,1H2/b3-2-,6-4?,8-5-. The van der Waals surface area contributed by atoms with Crippen molar-refractivity contribution in [3.63, 3.8) is 0 Å². The lowest BCUT2D eigenvalue weighted by Crippen LogP contribution is -1.93. The molecule has 2 nitrogen and oxygen atoms in total. The molecule has 1 aliphatic rings. The largest absolute Gasteiger partial charge is 0.286 e. The van der Waals surface area contributed by atoms with Crippen LogP contribution in [0.3, 0.4) is 0 Å². The molecule has 0 aliphatic carbocycles. The molecule has 0 aromatic heterocycles. The topological polar surface area (TPSA) is 24.4 Å². The molecule has 0 amide bonds. The maximum atomic E-state index is 3.78. The number of hydrogen-bond acceptors (Lipinski definition) is 2. The highest BCUT2D eigenvalue weighted by molar-refractivity contribution is 5.72. The molecular formula is C7H8N2. The van der Waals surface area contributed by atoms with E-state index in [1.54, 1.807) is 12.4 Å². The molecule has 0 atom stereocenters. The average molecular weight is 120 g/mol. The molecule has 0 saturated carbocycles. The van der Waals surface area contributed by atoms with Crippen LogP contribution < -0.4 is 5.43 Å². The van der Waals surface area contributed by atoms with E-state index in [1.807, 2.05) is 18.2 Å². The first-order valence-corrected chi connectivity index (χ1v) is 2.70. The van der Waals surface area contributed by atoms with Crippen molar-refractivity contribution in [1.29, 1.82) is 0 Å². The van der Waals surface area contributed by atoms with Gasteiger partial charge in [0.2, 0.25) is 0 Å². The zero-order valence-corrected chi connectivity index (χ0v) is 5.04. The van der Waals surface area contributed by atoms with Gasteiger partial charge in [0, 0.05) is 12.4 Å². The van der Waals surface area contributed by atoms with Crippen LogP contribution in [-0.4, -0.2) is 6.21 Å². The summed E-state index contributed by atoms with van der Waals surface area (Å²) in [5.41, 5.74) is 3.66. The molecule has 2 heteroatoms. The predicted molar refractivity (Wildman–Crippen MR) is 39.0 cm³/mol. The molecule has 9 heavy (non-hydrogen) atoms. The summed E-state index contributed by atoms with van der Waals surface area (Å²) in [6, 6.07) is 0. The third-order valence-corrected chi connectivity index (χ3v) is 0.917. The highest BCUT2D eigenvalue weighted by Gasteiger charge is 1.79. The Labute approximate surface area is 54.3 Å². The van der Waals surface area contributed by atoms with Crippen molar-refractivity contribution in [2.24, 2.45) is 5.10 Å². The zero-order valence-electron chi connectivity index (χ0n) is 5.04. The van der Waals surface area contributed by atoms with Crippen LogP contribution >= 0.6 is 0 Å². The van der Waals surface area contributed by atoms with Crippen LogP contribution in [0.15, 0.2) is 41.7 Å². The van der Waals surface area contributed by atoms with Crippen molar-refractivity contribution in [1.82, 2.24) is 5.43 Å². The normalized spacial score (nSPS) is 23.8. The third-order valence-electron chi connectivity index (χ3n) is 0.917. The molecule has 0 spiro atoms. The molecule has 1 heterocycles. The van der Waals surface area contributed by atoms with Crippen LogP contribution in [0.25, 0.3) is 0 Å². The molecule has 1 N–H and O–H groups in total. The summed E-state index contributed by atoms with van der Waals surface area (Å²) in [5, 5.41) is 3.78. The fourth-order valence-corrected chi connectivity index (χ4v) is 0.496. The number of nitrogens with zero attached hydrogens (tertiary/aromatic N) is 1. The van der Waals surface area contributed by atoms with Crippen molar-refractivity contribution in [2.45, 2.75) is 0 Å². The highest BCUT2D eigenvalue weighted by atomic mass is 15.3. The van der Waals surface area contributed by atoms with E-state index in [0.717, 1.165) is 5.57 Å². The van der Waals surface area contributed by atoms with Crippen molar-refractivity contribution >= 4 is 6.21 Å². The number of nitrogens with one attached hydrogen (secondary N) is 1. The lowest BCUT2D eigenvalue weighted by Gasteiger charge is -1.92. The van der Waals surface area contributed by atoms with Crippen LogP contribution in [0.4, 0.5) is 0 Å². The molecular weight excluding hydrogens is 112 g/mol. The Morgan fingerprint density at radius 3 is 3.22 bits per heavy atom. The molecule has 0 aromatic rings. The summed E-state index contributed by atoms with van der Waals surface area (Å²) < 4.78 is 0. The van der Waals surface area contributed by atoms with E-state index in [9.17, 15) is 0 Å². The molecule has 0 unspecified atom stereocenters. The minimum atomic E-state index is 0.966. The van der Waals surface area contributed by atoms with E-state index in [4.69, 9.17) is 0 Å². The highest BCUT2D eigenvalue weighted by Crippen LogP contribution is 1.93. The summed E-state index contributed by atoms with van der Waals surface area (Å²) in [7, 11) is 0. The summed E-state index contributed by atoms with van der Waals surface area (Å²) in [6.07, 6.45) is 8.99. The molecule has 46 valence electrons. The number of hydrazone groups is 1. The van der Waals surface area contributed by atoms with Gasteiger partial charge >= 0.3 is 0 Å². The third kappa shape index (κ3) is 1.95. The maximum Gasteiger partial charge on any atom is 0.0472 e. The van der Waals surface area contributed by atoms with Crippen LogP contribution in [0.5, 0.6) is 0 Å². The SMILES string of the molecule is C=C1C=CN/N=C\C=C/1. The molecule has 0 radical (unpaired) electrons. The molecule has 1 rings (SSSR count). The summed E-state index contributed by atoms with van der Waals surface area (Å²) in [5.74, 6) is 0. The van der Waals surface area contributed by atoms with E-state index in [1.165, 1.54) is 0 Å². The van der Waals surface area contributed by atoms with Gasteiger partial charge < -0.3 is 0 Å². The molecule has 0 aromatic carbocycles. The smallest absolute Gasteiger partial charge is 0.0472 e. The van der Waals surface area contributed by atoms with Gasteiger partial charge in [-0.3, -0.25) is 5.43 Å². The van der Waals surface area contributed by atoms with Gasteiger partial charge in [0.25, 0.3) is 0 Å². The maximum absolute atomic E-state index is 3.78. The Morgan fingerprint density at radius 1 is 1.44 bits per heavy atom. The van der Waals surface area contributed by atoms with Gasteiger partial charge in [0.15, 0.2) is 0 Å². The van der Waals surface area contributed by atoms with Crippen molar-refractivity contribution in [3.05, 3.63) is 36.6 Å². The first-order valence-electron chi connectivity index (χ1n) is 2.70. The first kappa shape index (κ1) is 5.82. The predicted octanol–water partition coefficient (Wildman–Crippen LogP) is 1.20. The second-order valence-corrected chi connectivity index (χ2v) is 1.67. The minimum Gasteiger partial charge on any atom is -0.286 e. The zero-order chi connectivity index (χ0) is 6.53. The fourth-order valence-electron chi connectivity index (χ4n) is 0.496. The molecule has 1 aliphatic heterocycles. The van der Waals surface area contributed by atoms with Gasteiger partial charge in [-0.05, 0) is 17.7 Å². The summed E-state index contributed by atoms with van der Waals surface area (Å²) >= 11 is 0. The molecule has 0 saturated heterocycles. The van der Waals surface area contributed by atoms with Gasteiger partial charge in [0.05, 0.1) is 0 Å². The minimum absolute atomic E-state index is 0.966. The van der Waals surface area contributed by atoms with Crippen LogP contribution in [0, 0.1) is 0 Å².